The van der Waals surface area contributed by atoms with Gasteiger partial charge in [-0.15, -0.1) is 0 Å². The van der Waals surface area contributed by atoms with Crippen LogP contribution >= 0.6 is 11.6 Å². The van der Waals surface area contributed by atoms with Crippen molar-refractivity contribution in [2.75, 3.05) is 5.32 Å². The number of hydrogen-bond acceptors (Lipinski definition) is 3. The molecule has 1 N–H and O–H groups in total. The number of anilines is 1. The number of nitro groups is 1. The molecule has 0 aliphatic heterocycles. The second-order valence-electron chi connectivity index (χ2n) is 5.16. The van der Waals surface area contributed by atoms with Gasteiger partial charge in [0.15, 0.2) is 0 Å². The van der Waals surface area contributed by atoms with Gasteiger partial charge in [-0.1, -0.05) is 37.6 Å². The molecule has 0 aliphatic rings. The fraction of sp³-hybridized carbons (Fsp3) is 0.250. The first-order valence-electron chi connectivity index (χ1n) is 6.74. The Morgan fingerprint density at radius 2 is 1.86 bits per heavy atom. The molecule has 0 spiro atoms. The summed E-state index contributed by atoms with van der Waals surface area (Å²) >= 11 is 6.06. The molecule has 0 heterocycles. The molecule has 0 radical (unpaired) electrons. The lowest BCUT2D eigenvalue weighted by molar-refractivity contribution is -0.384. The maximum atomic E-state index is 10.7. The number of hydrogen-bond donors (Lipinski definition) is 1. The molecule has 2 aromatic rings. The van der Waals surface area contributed by atoms with E-state index in [2.05, 4.69) is 31.3 Å². The maximum Gasteiger partial charge on any atom is 0.270 e. The van der Waals surface area contributed by atoms with Crippen LogP contribution < -0.4 is 5.32 Å². The fourth-order valence-electron chi connectivity index (χ4n) is 1.98. The number of nitrogens with zero attached hydrogens (tertiary/aromatic N) is 1. The zero-order chi connectivity index (χ0) is 15.4. The first kappa shape index (κ1) is 15.3. The van der Waals surface area contributed by atoms with Gasteiger partial charge in [0.2, 0.25) is 0 Å². The predicted molar refractivity (Wildman–Crippen MR) is 86.0 cm³/mol. The Labute approximate surface area is 128 Å². The average molecular weight is 305 g/mol. The van der Waals surface area contributed by atoms with Gasteiger partial charge < -0.3 is 5.32 Å². The van der Waals surface area contributed by atoms with Crippen molar-refractivity contribution >= 4 is 23.0 Å². The van der Waals surface area contributed by atoms with Crippen LogP contribution in [-0.4, -0.2) is 4.92 Å². The minimum Gasteiger partial charge on any atom is -0.381 e. The van der Waals surface area contributed by atoms with E-state index in [1.165, 1.54) is 17.7 Å². The molecule has 0 aliphatic carbocycles. The number of rotatable bonds is 5. The van der Waals surface area contributed by atoms with Crippen LogP contribution in [0.2, 0.25) is 5.02 Å². The normalized spacial score (nSPS) is 10.7. The minimum absolute atomic E-state index is 0.00466. The first-order valence-corrected chi connectivity index (χ1v) is 7.12. The SMILES string of the molecule is CC(C)c1ccc(NCc2ccc([N+](=O)[O-])cc2Cl)cc1. The van der Waals surface area contributed by atoms with Crippen molar-refractivity contribution in [1.29, 1.82) is 0 Å². The van der Waals surface area contributed by atoms with E-state index < -0.39 is 4.92 Å². The molecule has 0 saturated carbocycles. The van der Waals surface area contributed by atoms with Gasteiger partial charge in [0, 0.05) is 24.4 Å². The molecule has 0 bridgehead atoms. The molecule has 21 heavy (non-hydrogen) atoms. The summed E-state index contributed by atoms with van der Waals surface area (Å²) in [5.74, 6) is 0.503. The van der Waals surface area contributed by atoms with Crippen LogP contribution in [0, 0.1) is 10.1 Å². The topological polar surface area (TPSA) is 55.2 Å². The molecule has 5 heteroatoms. The zero-order valence-electron chi connectivity index (χ0n) is 12.0. The third kappa shape index (κ3) is 3.95. The van der Waals surface area contributed by atoms with Crippen LogP contribution in [-0.2, 0) is 6.54 Å². The van der Waals surface area contributed by atoms with Crippen molar-refractivity contribution in [3.63, 3.8) is 0 Å². The highest BCUT2D eigenvalue weighted by molar-refractivity contribution is 6.31. The summed E-state index contributed by atoms with van der Waals surface area (Å²) in [7, 11) is 0. The molecule has 0 amide bonds. The fourth-order valence-corrected chi connectivity index (χ4v) is 2.22. The van der Waals surface area contributed by atoms with Gasteiger partial charge in [-0.05, 0) is 35.2 Å². The molecule has 0 unspecified atom stereocenters. The highest BCUT2D eigenvalue weighted by Gasteiger charge is 2.09. The van der Waals surface area contributed by atoms with Gasteiger partial charge in [0.05, 0.1) is 9.95 Å². The number of nitro benzene ring substituents is 1. The Morgan fingerprint density at radius 3 is 2.38 bits per heavy atom. The van der Waals surface area contributed by atoms with Gasteiger partial charge in [-0.25, -0.2) is 0 Å². The molecule has 110 valence electrons. The van der Waals surface area contributed by atoms with E-state index in [1.807, 2.05) is 12.1 Å². The highest BCUT2D eigenvalue weighted by atomic mass is 35.5. The maximum absolute atomic E-state index is 10.7. The van der Waals surface area contributed by atoms with E-state index in [0.717, 1.165) is 11.3 Å². The standard InChI is InChI=1S/C16H17ClN2O2/c1-11(2)12-3-6-14(7-4-12)18-10-13-5-8-15(19(20)21)9-16(13)17/h3-9,11,18H,10H2,1-2H3. The van der Waals surface area contributed by atoms with Crippen molar-refractivity contribution in [2.45, 2.75) is 26.3 Å². The average Bonchev–Trinajstić information content (AvgIpc) is 2.46. The molecule has 2 rings (SSSR count). The van der Waals surface area contributed by atoms with Crippen LogP contribution in [0.1, 0.15) is 30.9 Å². The van der Waals surface area contributed by atoms with E-state index in [-0.39, 0.29) is 5.69 Å². The minimum atomic E-state index is -0.451. The van der Waals surface area contributed by atoms with Crippen LogP contribution in [0.4, 0.5) is 11.4 Å². The smallest absolute Gasteiger partial charge is 0.270 e. The highest BCUT2D eigenvalue weighted by Crippen LogP contribution is 2.24. The summed E-state index contributed by atoms with van der Waals surface area (Å²) in [5, 5.41) is 14.3. The second kappa shape index (κ2) is 6.59. The van der Waals surface area contributed by atoms with Crippen LogP contribution in [0.25, 0.3) is 0 Å². The summed E-state index contributed by atoms with van der Waals surface area (Å²) < 4.78 is 0. The summed E-state index contributed by atoms with van der Waals surface area (Å²) in [6.45, 7) is 4.83. The van der Waals surface area contributed by atoms with E-state index in [4.69, 9.17) is 11.6 Å². The van der Waals surface area contributed by atoms with Crippen molar-refractivity contribution in [3.8, 4) is 0 Å². The summed E-state index contributed by atoms with van der Waals surface area (Å²) in [6.07, 6.45) is 0. The Morgan fingerprint density at radius 1 is 1.19 bits per heavy atom. The van der Waals surface area contributed by atoms with Crippen LogP contribution in [0.3, 0.4) is 0 Å². The van der Waals surface area contributed by atoms with Gasteiger partial charge in [-0.2, -0.15) is 0 Å². The molecular weight excluding hydrogens is 288 g/mol. The largest absolute Gasteiger partial charge is 0.381 e. The molecular formula is C16H17ClN2O2. The number of benzene rings is 2. The third-order valence-electron chi connectivity index (χ3n) is 3.31. The van der Waals surface area contributed by atoms with Gasteiger partial charge in [0.1, 0.15) is 0 Å². The summed E-state index contributed by atoms with van der Waals surface area (Å²) in [4.78, 5) is 10.2. The van der Waals surface area contributed by atoms with Crippen molar-refractivity contribution in [1.82, 2.24) is 0 Å². The molecule has 4 nitrogen and oxygen atoms in total. The third-order valence-corrected chi connectivity index (χ3v) is 3.66. The van der Waals surface area contributed by atoms with Crippen molar-refractivity contribution < 1.29 is 4.92 Å². The van der Waals surface area contributed by atoms with Crippen molar-refractivity contribution in [3.05, 3.63) is 68.7 Å². The second-order valence-corrected chi connectivity index (χ2v) is 5.57. The van der Waals surface area contributed by atoms with E-state index in [0.29, 0.717) is 17.5 Å². The number of nitrogens with one attached hydrogen (secondary N) is 1. The van der Waals surface area contributed by atoms with Crippen molar-refractivity contribution in [2.24, 2.45) is 0 Å². The number of halogens is 1. The first-order chi connectivity index (χ1) is 9.97. The molecule has 0 atom stereocenters. The van der Waals surface area contributed by atoms with Crippen LogP contribution in [0.5, 0.6) is 0 Å². The van der Waals surface area contributed by atoms with E-state index in [9.17, 15) is 10.1 Å². The van der Waals surface area contributed by atoms with Gasteiger partial charge in [0.25, 0.3) is 5.69 Å². The molecule has 2 aromatic carbocycles. The van der Waals surface area contributed by atoms with E-state index >= 15 is 0 Å². The van der Waals surface area contributed by atoms with Gasteiger partial charge in [-0.3, -0.25) is 10.1 Å². The lowest BCUT2D eigenvalue weighted by atomic mass is 10.0. The lowest BCUT2D eigenvalue weighted by Crippen LogP contribution is -2.01. The van der Waals surface area contributed by atoms with Gasteiger partial charge >= 0.3 is 0 Å². The Balaban J connectivity index is 2.04. The number of non-ortho nitro benzene ring substituents is 1. The Bertz CT molecular complexity index is 639. The summed E-state index contributed by atoms with van der Waals surface area (Å²) in [6, 6.07) is 12.7. The zero-order valence-corrected chi connectivity index (χ0v) is 12.7. The molecule has 0 aromatic heterocycles. The Kier molecular flexibility index (Phi) is 4.81. The summed E-state index contributed by atoms with van der Waals surface area (Å²) in [5.41, 5.74) is 3.11. The predicted octanol–water partition coefficient (Wildman–Crippen LogP) is 4.98. The van der Waals surface area contributed by atoms with E-state index in [1.54, 1.807) is 6.07 Å². The monoisotopic (exact) mass is 304 g/mol. The quantitative estimate of drug-likeness (QED) is 0.626. The Hall–Kier alpha value is -2.07. The van der Waals surface area contributed by atoms with Crippen LogP contribution in [0.15, 0.2) is 42.5 Å². The molecule has 0 fully saturated rings. The lowest BCUT2D eigenvalue weighted by Gasteiger charge is -2.10. The molecule has 0 saturated heterocycles.